The van der Waals surface area contributed by atoms with Crippen LogP contribution in [0.1, 0.15) is 36.9 Å². The average molecular weight is 403 g/mol. The van der Waals surface area contributed by atoms with Crippen molar-refractivity contribution in [3.63, 3.8) is 0 Å². The Morgan fingerprint density at radius 2 is 1.79 bits per heavy atom. The number of carbonyl (C=O) groups is 1. The zero-order valence-electron chi connectivity index (χ0n) is 16.4. The highest BCUT2D eigenvalue weighted by Crippen LogP contribution is 2.32. The number of amides is 1. The smallest absolute Gasteiger partial charge is 0.241 e. The Kier molecular flexibility index (Phi) is 6.05. The molecule has 150 valence electrons. The Bertz CT molecular complexity index is 924. The fourth-order valence-corrected chi connectivity index (χ4v) is 4.72. The van der Waals surface area contributed by atoms with Crippen LogP contribution in [0.25, 0.3) is 0 Å². The minimum absolute atomic E-state index is 0.0129. The average Bonchev–Trinajstić information content (AvgIpc) is 3.17. The number of nitrogens with zero attached hydrogens (tertiary/aromatic N) is 1. The van der Waals surface area contributed by atoms with Crippen molar-refractivity contribution in [2.45, 2.75) is 43.7 Å². The number of nitrogens with one attached hydrogen (secondary N) is 1. The standard InChI is InChI=1S/C21H26N2O4S/c1-15-6-8-17(9-7-15)20-5-4-14-23(20)21(24)16(2)22-28(25,26)19-12-10-18(27-3)11-13-19/h6-13,16,20,22H,4-5,14H2,1-3H3/t16-,20-/m0/s1. The van der Waals surface area contributed by atoms with Gasteiger partial charge in [-0.2, -0.15) is 4.72 Å². The summed E-state index contributed by atoms with van der Waals surface area (Å²) in [6.07, 6.45) is 1.79. The van der Waals surface area contributed by atoms with Crippen LogP contribution in [-0.2, 0) is 14.8 Å². The van der Waals surface area contributed by atoms with E-state index in [0.717, 1.165) is 18.4 Å². The van der Waals surface area contributed by atoms with Crippen LogP contribution in [0.3, 0.4) is 0 Å². The lowest BCUT2D eigenvalue weighted by Gasteiger charge is -2.28. The van der Waals surface area contributed by atoms with Crippen molar-refractivity contribution >= 4 is 15.9 Å². The highest BCUT2D eigenvalue weighted by molar-refractivity contribution is 7.89. The molecule has 1 saturated heterocycles. The van der Waals surface area contributed by atoms with Crippen molar-refractivity contribution < 1.29 is 17.9 Å². The van der Waals surface area contributed by atoms with Crippen molar-refractivity contribution in [3.05, 3.63) is 59.7 Å². The van der Waals surface area contributed by atoms with Crippen LogP contribution in [0.15, 0.2) is 53.4 Å². The van der Waals surface area contributed by atoms with Crippen LogP contribution in [-0.4, -0.2) is 38.9 Å². The van der Waals surface area contributed by atoms with Crippen LogP contribution in [0.2, 0.25) is 0 Å². The second kappa shape index (κ2) is 8.32. The van der Waals surface area contributed by atoms with E-state index in [4.69, 9.17) is 4.74 Å². The lowest BCUT2D eigenvalue weighted by molar-refractivity contribution is -0.133. The molecule has 0 radical (unpaired) electrons. The van der Waals surface area contributed by atoms with Crippen LogP contribution in [0.4, 0.5) is 0 Å². The van der Waals surface area contributed by atoms with Gasteiger partial charge in [0.15, 0.2) is 0 Å². The molecule has 1 N–H and O–H groups in total. The molecule has 2 aromatic rings. The van der Waals surface area contributed by atoms with E-state index >= 15 is 0 Å². The second-order valence-corrected chi connectivity index (χ2v) is 8.83. The van der Waals surface area contributed by atoms with E-state index in [0.29, 0.717) is 12.3 Å². The van der Waals surface area contributed by atoms with Crippen molar-refractivity contribution in [1.29, 1.82) is 0 Å². The van der Waals surface area contributed by atoms with E-state index in [9.17, 15) is 13.2 Å². The summed E-state index contributed by atoms with van der Waals surface area (Å²) in [6, 6.07) is 13.4. The molecule has 0 unspecified atom stereocenters. The molecule has 2 atom stereocenters. The first-order valence-electron chi connectivity index (χ1n) is 9.35. The summed E-state index contributed by atoms with van der Waals surface area (Å²) in [5, 5.41) is 0. The molecule has 6 nitrogen and oxygen atoms in total. The first kappa shape index (κ1) is 20.4. The Hall–Kier alpha value is -2.38. The fourth-order valence-electron chi connectivity index (χ4n) is 3.52. The van der Waals surface area contributed by atoms with Crippen molar-refractivity contribution in [2.75, 3.05) is 13.7 Å². The van der Waals surface area contributed by atoms with Gasteiger partial charge in [-0.3, -0.25) is 4.79 Å². The number of carbonyl (C=O) groups excluding carboxylic acids is 1. The minimum Gasteiger partial charge on any atom is -0.497 e. The highest BCUT2D eigenvalue weighted by atomic mass is 32.2. The van der Waals surface area contributed by atoms with Gasteiger partial charge in [0, 0.05) is 6.54 Å². The molecule has 28 heavy (non-hydrogen) atoms. The molecule has 0 aromatic heterocycles. The van der Waals surface area contributed by atoms with E-state index < -0.39 is 16.1 Å². The van der Waals surface area contributed by atoms with Crippen molar-refractivity contribution in [1.82, 2.24) is 9.62 Å². The molecule has 0 aliphatic carbocycles. The third-order valence-corrected chi connectivity index (χ3v) is 6.63. The third kappa shape index (κ3) is 4.36. The maximum Gasteiger partial charge on any atom is 0.241 e. The number of hydrogen-bond acceptors (Lipinski definition) is 4. The van der Waals surface area contributed by atoms with Gasteiger partial charge >= 0.3 is 0 Å². The Balaban J connectivity index is 1.73. The van der Waals surface area contributed by atoms with Gasteiger partial charge in [0.25, 0.3) is 0 Å². The minimum atomic E-state index is -3.80. The van der Waals surface area contributed by atoms with Gasteiger partial charge in [-0.1, -0.05) is 29.8 Å². The molecular weight excluding hydrogens is 376 g/mol. The molecule has 0 spiro atoms. The van der Waals surface area contributed by atoms with E-state index in [-0.39, 0.29) is 16.8 Å². The lowest BCUT2D eigenvalue weighted by Crippen LogP contribution is -2.46. The molecule has 1 aliphatic rings. The Labute approximate surface area is 166 Å². The normalized spacial score (nSPS) is 18.1. The molecule has 1 aliphatic heterocycles. The number of methoxy groups -OCH3 is 1. The summed E-state index contributed by atoms with van der Waals surface area (Å²) in [7, 11) is -2.28. The van der Waals surface area contributed by atoms with Crippen LogP contribution in [0, 0.1) is 6.92 Å². The molecule has 1 fully saturated rings. The first-order valence-corrected chi connectivity index (χ1v) is 10.8. The lowest BCUT2D eigenvalue weighted by atomic mass is 10.0. The van der Waals surface area contributed by atoms with E-state index in [1.807, 2.05) is 31.2 Å². The summed E-state index contributed by atoms with van der Waals surface area (Å²) in [4.78, 5) is 14.9. The van der Waals surface area contributed by atoms with Gasteiger partial charge in [0.2, 0.25) is 15.9 Å². The molecule has 1 heterocycles. The van der Waals surface area contributed by atoms with E-state index in [2.05, 4.69) is 4.72 Å². The number of benzene rings is 2. The fraction of sp³-hybridized carbons (Fsp3) is 0.381. The number of hydrogen-bond donors (Lipinski definition) is 1. The van der Waals surface area contributed by atoms with Gasteiger partial charge < -0.3 is 9.64 Å². The molecule has 2 aromatic carbocycles. The number of likely N-dealkylation sites (tertiary alicyclic amines) is 1. The third-order valence-electron chi connectivity index (χ3n) is 5.07. The summed E-state index contributed by atoms with van der Waals surface area (Å²) in [5.41, 5.74) is 2.25. The van der Waals surface area contributed by atoms with Crippen LogP contribution < -0.4 is 9.46 Å². The van der Waals surface area contributed by atoms with Crippen molar-refractivity contribution in [3.8, 4) is 5.75 Å². The van der Waals surface area contributed by atoms with Crippen molar-refractivity contribution in [2.24, 2.45) is 0 Å². The second-order valence-electron chi connectivity index (χ2n) is 7.12. The van der Waals surface area contributed by atoms with Gasteiger partial charge in [-0.25, -0.2) is 8.42 Å². The highest BCUT2D eigenvalue weighted by Gasteiger charge is 2.34. The molecule has 0 saturated carbocycles. The summed E-state index contributed by atoms with van der Waals surface area (Å²) < 4.78 is 32.8. The summed E-state index contributed by atoms with van der Waals surface area (Å²) in [5.74, 6) is 0.362. The predicted octanol–water partition coefficient (Wildman–Crippen LogP) is 3.03. The number of aryl methyl sites for hydroxylation is 1. The number of rotatable bonds is 6. The molecule has 0 bridgehead atoms. The zero-order valence-corrected chi connectivity index (χ0v) is 17.2. The van der Waals surface area contributed by atoms with E-state index in [1.165, 1.54) is 24.8 Å². The summed E-state index contributed by atoms with van der Waals surface area (Å²) >= 11 is 0. The summed E-state index contributed by atoms with van der Waals surface area (Å²) in [6.45, 7) is 4.25. The quantitative estimate of drug-likeness (QED) is 0.806. The van der Waals surface area contributed by atoms with Gasteiger partial charge in [0.1, 0.15) is 5.75 Å². The molecule has 7 heteroatoms. The number of sulfonamides is 1. The molecular formula is C21H26N2O4S. The topological polar surface area (TPSA) is 75.7 Å². The zero-order chi connectivity index (χ0) is 20.3. The Morgan fingerprint density at radius 1 is 1.14 bits per heavy atom. The van der Waals surface area contributed by atoms with Crippen LogP contribution in [0.5, 0.6) is 5.75 Å². The van der Waals surface area contributed by atoms with E-state index in [1.54, 1.807) is 24.0 Å². The first-order chi connectivity index (χ1) is 13.3. The van der Waals surface area contributed by atoms with Gasteiger partial charge in [0.05, 0.1) is 24.1 Å². The number of ether oxygens (including phenoxy) is 1. The van der Waals surface area contributed by atoms with Crippen LogP contribution >= 0.6 is 0 Å². The Morgan fingerprint density at radius 3 is 2.39 bits per heavy atom. The SMILES string of the molecule is COc1ccc(S(=O)(=O)N[C@@H](C)C(=O)N2CCC[C@H]2c2ccc(C)cc2)cc1. The van der Waals surface area contributed by atoms with Gasteiger partial charge in [-0.15, -0.1) is 0 Å². The molecule has 3 rings (SSSR count). The monoisotopic (exact) mass is 402 g/mol. The maximum atomic E-state index is 13.0. The predicted molar refractivity (Wildman–Crippen MR) is 108 cm³/mol. The maximum absolute atomic E-state index is 13.0. The van der Waals surface area contributed by atoms with Gasteiger partial charge in [-0.05, 0) is 56.5 Å². The largest absolute Gasteiger partial charge is 0.497 e. The molecule has 1 amide bonds.